The summed E-state index contributed by atoms with van der Waals surface area (Å²) in [4.78, 5) is 26.8. The number of hydrogen-bond acceptors (Lipinski definition) is 2. The third-order valence-corrected chi connectivity index (χ3v) is 3.48. The Bertz CT molecular complexity index is 673. The van der Waals surface area contributed by atoms with Crippen molar-refractivity contribution >= 4 is 22.7 Å². The molecular weight excluding hydrogens is 266 g/mol. The Morgan fingerprint density at radius 3 is 2.62 bits per heavy atom. The van der Waals surface area contributed by atoms with Crippen molar-refractivity contribution < 1.29 is 9.59 Å². The molecule has 4 N–H and O–H groups in total. The molecule has 1 aromatic heterocycles. The quantitative estimate of drug-likeness (QED) is 0.786. The zero-order valence-corrected chi connectivity index (χ0v) is 12.6. The molecule has 2 aromatic rings. The van der Waals surface area contributed by atoms with E-state index in [9.17, 15) is 9.59 Å². The lowest BCUT2D eigenvalue weighted by Crippen LogP contribution is -2.45. The molecule has 0 radical (unpaired) electrons. The summed E-state index contributed by atoms with van der Waals surface area (Å²) in [5.41, 5.74) is 7.78. The van der Waals surface area contributed by atoms with E-state index in [2.05, 4.69) is 10.3 Å². The summed E-state index contributed by atoms with van der Waals surface area (Å²) >= 11 is 0. The van der Waals surface area contributed by atoms with Crippen molar-refractivity contribution in [2.75, 3.05) is 0 Å². The molecule has 5 nitrogen and oxygen atoms in total. The van der Waals surface area contributed by atoms with Crippen molar-refractivity contribution in [2.24, 2.45) is 11.7 Å². The number of nitrogens with two attached hydrogens (primary N) is 1. The fourth-order valence-corrected chi connectivity index (χ4v) is 2.38. The highest BCUT2D eigenvalue weighted by Crippen LogP contribution is 2.19. The number of carbonyl (C=O) groups is 2. The Morgan fingerprint density at radius 1 is 1.33 bits per heavy atom. The lowest BCUT2D eigenvalue weighted by molar-refractivity contribution is -0.120. The molecule has 0 saturated carbocycles. The molecule has 0 spiro atoms. The molecule has 0 fully saturated rings. The lowest BCUT2D eigenvalue weighted by Gasteiger charge is -2.16. The molecule has 0 saturated heterocycles. The molecule has 2 amide bonds. The van der Waals surface area contributed by atoms with E-state index < -0.39 is 11.9 Å². The van der Waals surface area contributed by atoms with Gasteiger partial charge in [0.05, 0.1) is 0 Å². The first kappa shape index (κ1) is 15.1. The van der Waals surface area contributed by atoms with E-state index in [0.29, 0.717) is 12.1 Å². The smallest absolute Gasteiger partial charge is 0.268 e. The predicted octanol–water partition coefficient (Wildman–Crippen LogP) is 2.11. The van der Waals surface area contributed by atoms with Crippen LogP contribution in [0, 0.1) is 12.8 Å². The molecule has 0 aliphatic heterocycles. The van der Waals surface area contributed by atoms with Gasteiger partial charge in [0.2, 0.25) is 5.91 Å². The molecule has 21 heavy (non-hydrogen) atoms. The molecule has 112 valence electrons. The number of H-pyrrole nitrogens is 1. The molecular formula is C16H21N3O2. The van der Waals surface area contributed by atoms with Crippen LogP contribution in [0.5, 0.6) is 0 Å². The highest BCUT2D eigenvalue weighted by Gasteiger charge is 2.21. The molecule has 2 rings (SSSR count). The number of rotatable bonds is 5. The minimum atomic E-state index is -0.648. The summed E-state index contributed by atoms with van der Waals surface area (Å²) in [6.45, 7) is 5.95. The minimum Gasteiger partial charge on any atom is -0.368 e. The summed E-state index contributed by atoms with van der Waals surface area (Å²) in [5.74, 6) is -0.549. The third kappa shape index (κ3) is 3.42. The number of aryl methyl sites for hydroxylation is 1. The second-order valence-electron chi connectivity index (χ2n) is 5.78. The van der Waals surface area contributed by atoms with Gasteiger partial charge in [-0.1, -0.05) is 26.0 Å². The Hall–Kier alpha value is -2.30. The molecule has 0 bridgehead atoms. The standard InChI is InChI=1S/C16H21N3O2/c1-9(2)7-13(15(17)20)19-16(21)14-8-11-10(3)5-4-6-12(11)18-14/h4-6,8-9,13,18H,7H2,1-3H3,(H2,17,20)(H,19,21). The monoisotopic (exact) mass is 287 g/mol. The van der Waals surface area contributed by atoms with Crippen LogP contribution in [0.3, 0.4) is 0 Å². The SMILES string of the molecule is Cc1cccc2[nH]c(C(=O)NC(CC(C)C)C(N)=O)cc12. The van der Waals surface area contributed by atoms with Gasteiger partial charge in [0.25, 0.3) is 5.91 Å². The van der Waals surface area contributed by atoms with Crippen molar-refractivity contribution in [1.29, 1.82) is 0 Å². The maximum absolute atomic E-state index is 12.3. The first-order valence-electron chi connectivity index (χ1n) is 7.07. The van der Waals surface area contributed by atoms with Crippen molar-refractivity contribution in [2.45, 2.75) is 33.2 Å². The molecule has 1 aromatic carbocycles. The zero-order valence-electron chi connectivity index (χ0n) is 12.6. The van der Waals surface area contributed by atoms with E-state index >= 15 is 0 Å². The number of aromatic amines is 1. The topological polar surface area (TPSA) is 88.0 Å². The summed E-state index contributed by atoms with van der Waals surface area (Å²) in [7, 11) is 0. The number of hydrogen-bond donors (Lipinski definition) is 3. The van der Waals surface area contributed by atoms with E-state index in [1.54, 1.807) is 6.07 Å². The molecule has 0 aliphatic carbocycles. The average Bonchev–Trinajstić information content (AvgIpc) is 2.82. The van der Waals surface area contributed by atoms with Crippen LogP contribution in [0.2, 0.25) is 0 Å². The second kappa shape index (κ2) is 5.99. The van der Waals surface area contributed by atoms with Crippen LogP contribution in [0.25, 0.3) is 10.9 Å². The van der Waals surface area contributed by atoms with Gasteiger partial charge in [0, 0.05) is 10.9 Å². The Morgan fingerprint density at radius 2 is 2.05 bits per heavy atom. The van der Waals surface area contributed by atoms with Crippen molar-refractivity contribution in [1.82, 2.24) is 10.3 Å². The predicted molar refractivity (Wildman–Crippen MR) is 82.9 cm³/mol. The van der Waals surface area contributed by atoms with Crippen molar-refractivity contribution in [3.05, 3.63) is 35.5 Å². The summed E-state index contributed by atoms with van der Waals surface area (Å²) < 4.78 is 0. The van der Waals surface area contributed by atoms with E-state index in [-0.39, 0.29) is 11.8 Å². The van der Waals surface area contributed by atoms with Crippen LogP contribution in [-0.4, -0.2) is 22.8 Å². The second-order valence-corrected chi connectivity index (χ2v) is 5.78. The van der Waals surface area contributed by atoms with Crippen LogP contribution in [-0.2, 0) is 4.79 Å². The first-order valence-corrected chi connectivity index (χ1v) is 7.07. The number of amides is 2. The van der Waals surface area contributed by atoms with E-state index in [4.69, 9.17) is 5.73 Å². The minimum absolute atomic E-state index is 0.271. The Balaban J connectivity index is 2.21. The maximum Gasteiger partial charge on any atom is 0.268 e. The highest BCUT2D eigenvalue weighted by molar-refractivity contribution is 6.00. The number of nitrogens with one attached hydrogen (secondary N) is 2. The molecule has 1 heterocycles. The molecule has 1 unspecified atom stereocenters. The van der Waals surface area contributed by atoms with Gasteiger partial charge in [-0.25, -0.2) is 0 Å². The van der Waals surface area contributed by atoms with Crippen LogP contribution in [0.4, 0.5) is 0 Å². The summed E-state index contributed by atoms with van der Waals surface area (Å²) in [5, 5.41) is 3.70. The number of carbonyl (C=O) groups excluding carboxylic acids is 2. The van der Waals surface area contributed by atoms with Gasteiger partial charge in [-0.05, 0) is 37.0 Å². The van der Waals surface area contributed by atoms with E-state index in [1.807, 2.05) is 39.0 Å². The van der Waals surface area contributed by atoms with Gasteiger partial charge in [-0.3, -0.25) is 9.59 Å². The summed E-state index contributed by atoms with van der Waals surface area (Å²) in [6.07, 6.45) is 0.528. The molecule has 1 atom stereocenters. The van der Waals surface area contributed by atoms with Gasteiger partial charge >= 0.3 is 0 Å². The van der Waals surface area contributed by atoms with Crippen molar-refractivity contribution in [3.8, 4) is 0 Å². The first-order chi connectivity index (χ1) is 9.88. The summed E-state index contributed by atoms with van der Waals surface area (Å²) in [6, 6.07) is 6.99. The van der Waals surface area contributed by atoms with Gasteiger partial charge in [-0.2, -0.15) is 0 Å². The number of benzene rings is 1. The van der Waals surface area contributed by atoms with Gasteiger partial charge in [-0.15, -0.1) is 0 Å². The van der Waals surface area contributed by atoms with Gasteiger partial charge in [0.1, 0.15) is 11.7 Å². The fraction of sp³-hybridized carbons (Fsp3) is 0.375. The molecule has 0 aliphatic rings. The third-order valence-electron chi connectivity index (χ3n) is 3.48. The van der Waals surface area contributed by atoms with Gasteiger partial charge in [0.15, 0.2) is 0 Å². The van der Waals surface area contributed by atoms with E-state index in [1.165, 1.54) is 0 Å². The lowest BCUT2D eigenvalue weighted by atomic mass is 10.0. The maximum atomic E-state index is 12.3. The van der Waals surface area contributed by atoms with Crippen LogP contribution in [0.1, 0.15) is 36.3 Å². The number of aromatic nitrogens is 1. The molecule has 5 heteroatoms. The van der Waals surface area contributed by atoms with Crippen molar-refractivity contribution in [3.63, 3.8) is 0 Å². The van der Waals surface area contributed by atoms with Crippen LogP contribution in [0.15, 0.2) is 24.3 Å². The number of fused-ring (bicyclic) bond motifs is 1. The highest BCUT2D eigenvalue weighted by atomic mass is 16.2. The van der Waals surface area contributed by atoms with Crippen LogP contribution < -0.4 is 11.1 Å². The average molecular weight is 287 g/mol. The Labute approximate surface area is 123 Å². The zero-order chi connectivity index (χ0) is 15.6. The Kier molecular flexibility index (Phi) is 4.31. The largest absolute Gasteiger partial charge is 0.368 e. The number of primary amides is 1. The normalized spacial score (nSPS) is 12.6. The fourth-order valence-electron chi connectivity index (χ4n) is 2.38. The van der Waals surface area contributed by atoms with Crippen LogP contribution >= 0.6 is 0 Å². The van der Waals surface area contributed by atoms with E-state index in [0.717, 1.165) is 16.5 Å². The van der Waals surface area contributed by atoms with Gasteiger partial charge < -0.3 is 16.0 Å².